The van der Waals surface area contributed by atoms with Crippen molar-refractivity contribution in [2.45, 2.75) is 12.8 Å². The number of carbonyl (C=O) groups excluding carboxylic acids is 1. The zero-order valence-corrected chi connectivity index (χ0v) is 16.4. The number of hydrogen-bond acceptors (Lipinski definition) is 6. The van der Waals surface area contributed by atoms with Gasteiger partial charge >= 0.3 is 0 Å². The summed E-state index contributed by atoms with van der Waals surface area (Å²) in [5.41, 5.74) is 9.76. The minimum atomic E-state index is -0.0934. The molecule has 1 saturated heterocycles. The van der Waals surface area contributed by atoms with Crippen LogP contribution < -0.4 is 11.1 Å². The Morgan fingerprint density at radius 2 is 2.12 bits per heavy atom. The Bertz CT molecular complexity index is 857. The first-order chi connectivity index (χ1) is 12.1. The molecule has 0 radical (unpaired) electrons. The molecule has 3 heterocycles. The van der Waals surface area contributed by atoms with Crippen LogP contribution in [0.4, 0.5) is 0 Å². The number of nitriles is 1. The van der Waals surface area contributed by atoms with Gasteiger partial charge in [-0.05, 0) is 36.6 Å². The van der Waals surface area contributed by atoms with Crippen molar-refractivity contribution in [3.05, 3.63) is 52.6 Å². The van der Waals surface area contributed by atoms with Gasteiger partial charge in [-0.3, -0.25) is 4.79 Å². The number of likely N-dealkylation sites (tertiary alicyclic amines) is 1. The molecule has 0 aromatic carbocycles. The van der Waals surface area contributed by atoms with Crippen LogP contribution in [0.5, 0.6) is 0 Å². The Hall–Kier alpha value is -2.41. The van der Waals surface area contributed by atoms with Crippen LogP contribution in [0.25, 0.3) is 0 Å². The summed E-state index contributed by atoms with van der Waals surface area (Å²) in [6.45, 7) is 2.07. The molecule has 1 spiro atoms. The normalized spacial score (nSPS) is 20.0. The number of piperidine rings is 1. The molecule has 3 aliphatic rings. The largest absolute Gasteiger partial charge is 0.397 e. The number of aromatic nitrogens is 1. The SMILES string of the molecule is I.N#Cc1ccc(C(=O)N2CCC3(C=C(N)C4=C3CNC=N4)CC2)cn1. The number of allylic oxidation sites excluding steroid dienone is 1. The molecule has 1 aromatic rings. The zero-order chi connectivity index (χ0) is 17.4. The zero-order valence-electron chi connectivity index (χ0n) is 14.1. The predicted molar refractivity (Wildman–Crippen MR) is 108 cm³/mol. The number of carbonyl (C=O) groups is 1. The molecule has 1 aliphatic carbocycles. The quantitative estimate of drug-likeness (QED) is 0.616. The maximum Gasteiger partial charge on any atom is 0.255 e. The number of nitrogens with two attached hydrogens (primary N) is 1. The lowest BCUT2D eigenvalue weighted by Crippen LogP contribution is -2.44. The number of aliphatic imine (C=N–C) groups is 1. The Morgan fingerprint density at radius 3 is 2.77 bits per heavy atom. The van der Waals surface area contributed by atoms with Gasteiger partial charge in [0.2, 0.25) is 0 Å². The lowest BCUT2D eigenvalue weighted by molar-refractivity contribution is 0.0667. The molecule has 0 bridgehead atoms. The maximum atomic E-state index is 12.7. The van der Waals surface area contributed by atoms with Gasteiger partial charge in [0, 0.05) is 31.2 Å². The van der Waals surface area contributed by atoms with Crippen LogP contribution in [-0.4, -0.2) is 41.8 Å². The van der Waals surface area contributed by atoms with Gasteiger partial charge in [-0.15, -0.1) is 24.0 Å². The number of pyridine rings is 1. The summed E-state index contributed by atoms with van der Waals surface area (Å²) >= 11 is 0. The fourth-order valence-corrected chi connectivity index (χ4v) is 3.86. The highest BCUT2D eigenvalue weighted by atomic mass is 127. The molecule has 2 aliphatic heterocycles. The molecule has 0 saturated carbocycles. The van der Waals surface area contributed by atoms with Gasteiger partial charge in [0.1, 0.15) is 11.8 Å². The van der Waals surface area contributed by atoms with E-state index in [1.54, 1.807) is 18.5 Å². The van der Waals surface area contributed by atoms with Crippen LogP contribution in [0.2, 0.25) is 0 Å². The number of nitrogens with zero attached hydrogens (tertiary/aromatic N) is 4. The van der Waals surface area contributed by atoms with Crippen LogP contribution in [0.3, 0.4) is 0 Å². The van der Waals surface area contributed by atoms with Crippen molar-refractivity contribution < 1.29 is 4.79 Å². The minimum Gasteiger partial charge on any atom is -0.397 e. The smallest absolute Gasteiger partial charge is 0.255 e. The van der Waals surface area contributed by atoms with Gasteiger partial charge in [0.05, 0.1) is 23.3 Å². The maximum absolute atomic E-state index is 12.7. The van der Waals surface area contributed by atoms with Crippen LogP contribution >= 0.6 is 24.0 Å². The second-order valence-corrected chi connectivity index (χ2v) is 6.56. The van der Waals surface area contributed by atoms with Crippen molar-refractivity contribution in [1.82, 2.24) is 15.2 Å². The Morgan fingerprint density at radius 1 is 1.35 bits per heavy atom. The minimum absolute atomic E-state index is 0. The summed E-state index contributed by atoms with van der Waals surface area (Å²) in [4.78, 5) is 22.9. The number of halogens is 1. The fraction of sp³-hybridized carbons (Fsp3) is 0.333. The lowest BCUT2D eigenvalue weighted by atomic mass is 9.74. The van der Waals surface area contributed by atoms with Crippen LogP contribution in [0.1, 0.15) is 28.9 Å². The molecular weight excluding hydrogens is 443 g/mol. The molecule has 134 valence electrons. The standard InChI is InChI=1S/C18H18N6O.HI/c19-8-13-2-1-12(9-22-13)17(25)24-5-3-18(4-6-24)7-15(20)16-14(18)10-21-11-23-16;/h1-2,7,9,11H,3-6,10,20H2,(H,21,23);1H. The first kappa shape index (κ1) is 18.4. The molecule has 0 unspecified atom stereocenters. The summed E-state index contributed by atoms with van der Waals surface area (Å²) in [5.74, 6) is -0.0456. The second kappa shape index (κ2) is 7.07. The second-order valence-electron chi connectivity index (χ2n) is 6.56. The average molecular weight is 462 g/mol. The third-order valence-corrected chi connectivity index (χ3v) is 5.22. The average Bonchev–Trinajstić information content (AvgIpc) is 2.94. The van der Waals surface area contributed by atoms with Crippen molar-refractivity contribution in [2.24, 2.45) is 16.1 Å². The first-order valence-electron chi connectivity index (χ1n) is 8.27. The Labute approximate surface area is 168 Å². The summed E-state index contributed by atoms with van der Waals surface area (Å²) < 4.78 is 0. The highest BCUT2D eigenvalue weighted by Crippen LogP contribution is 2.47. The number of rotatable bonds is 1. The van der Waals surface area contributed by atoms with Gasteiger partial charge in [0.15, 0.2) is 0 Å². The molecule has 8 heteroatoms. The van der Waals surface area contributed by atoms with E-state index in [1.807, 2.05) is 11.0 Å². The van der Waals surface area contributed by atoms with Crippen LogP contribution in [0.15, 0.2) is 46.4 Å². The Balaban J connectivity index is 0.00000196. The number of fused-ring (bicyclic) bond motifs is 1. The van der Waals surface area contributed by atoms with Crippen LogP contribution in [-0.2, 0) is 0 Å². The fourth-order valence-electron chi connectivity index (χ4n) is 3.86. The lowest BCUT2D eigenvalue weighted by Gasteiger charge is -2.40. The summed E-state index contributed by atoms with van der Waals surface area (Å²) in [5, 5.41) is 12.0. The van der Waals surface area contributed by atoms with E-state index in [1.165, 1.54) is 11.8 Å². The highest BCUT2D eigenvalue weighted by molar-refractivity contribution is 14.0. The van der Waals surface area contributed by atoms with Crippen LogP contribution in [0, 0.1) is 16.7 Å². The van der Waals surface area contributed by atoms with E-state index < -0.39 is 0 Å². The van der Waals surface area contributed by atoms with Crippen molar-refractivity contribution in [2.75, 3.05) is 19.6 Å². The van der Waals surface area contributed by atoms with Crippen molar-refractivity contribution in [3.63, 3.8) is 0 Å². The monoisotopic (exact) mass is 462 g/mol. The number of amides is 1. The molecule has 0 atom stereocenters. The third kappa shape index (κ3) is 2.96. The molecule has 26 heavy (non-hydrogen) atoms. The van der Waals surface area contributed by atoms with Crippen molar-refractivity contribution in [1.29, 1.82) is 5.26 Å². The van der Waals surface area contributed by atoms with E-state index in [9.17, 15) is 4.79 Å². The molecule has 1 amide bonds. The summed E-state index contributed by atoms with van der Waals surface area (Å²) in [6, 6.07) is 5.19. The van der Waals surface area contributed by atoms with E-state index in [4.69, 9.17) is 11.0 Å². The van der Waals surface area contributed by atoms with Crippen molar-refractivity contribution >= 4 is 36.2 Å². The number of nitrogens with one attached hydrogen (secondary N) is 1. The first-order valence-corrected chi connectivity index (χ1v) is 8.27. The van der Waals surface area contributed by atoms with E-state index in [0.29, 0.717) is 24.3 Å². The molecule has 1 aromatic heterocycles. The van der Waals surface area contributed by atoms with Gasteiger partial charge in [-0.25, -0.2) is 9.98 Å². The van der Waals surface area contributed by atoms with Gasteiger partial charge in [0.25, 0.3) is 5.91 Å². The van der Waals surface area contributed by atoms with Crippen molar-refractivity contribution in [3.8, 4) is 6.07 Å². The molecule has 3 N–H and O–H groups in total. The highest BCUT2D eigenvalue weighted by Gasteiger charge is 2.43. The summed E-state index contributed by atoms with van der Waals surface area (Å²) in [7, 11) is 0. The van der Waals surface area contributed by atoms with E-state index in [0.717, 1.165) is 30.8 Å². The summed E-state index contributed by atoms with van der Waals surface area (Å²) in [6.07, 6.45) is 6.94. The topological polar surface area (TPSA) is 107 Å². The van der Waals surface area contributed by atoms with E-state index >= 15 is 0 Å². The predicted octanol–water partition coefficient (Wildman–Crippen LogP) is 1.54. The van der Waals surface area contributed by atoms with E-state index in [2.05, 4.69) is 21.4 Å². The molecule has 7 nitrogen and oxygen atoms in total. The van der Waals surface area contributed by atoms with Gasteiger partial charge in [-0.1, -0.05) is 0 Å². The number of hydrogen-bond donors (Lipinski definition) is 2. The van der Waals surface area contributed by atoms with Gasteiger partial charge < -0.3 is 16.0 Å². The Kier molecular flexibility index (Phi) is 5.00. The molecule has 1 fully saturated rings. The third-order valence-electron chi connectivity index (χ3n) is 5.22. The van der Waals surface area contributed by atoms with E-state index in [-0.39, 0.29) is 35.3 Å². The van der Waals surface area contributed by atoms with Gasteiger partial charge in [-0.2, -0.15) is 5.26 Å². The molecular formula is C18H19IN6O. The molecule has 4 rings (SSSR count).